The minimum absolute atomic E-state index is 0.172. The van der Waals surface area contributed by atoms with Crippen LogP contribution in [0.15, 0.2) is 30.3 Å². The van der Waals surface area contributed by atoms with Crippen molar-refractivity contribution in [1.29, 1.82) is 0 Å². The Hall–Kier alpha value is -2.50. The van der Waals surface area contributed by atoms with Gasteiger partial charge in [-0.2, -0.15) is 9.97 Å². The monoisotopic (exact) mass is 259 g/mol. The third-order valence-electron chi connectivity index (χ3n) is 2.56. The maximum atomic E-state index is 5.62. The van der Waals surface area contributed by atoms with Crippen molar-refractivity contribution in [1.82, 2.24) is 9.97 Å². The molecule has 0 bridgehead atoms. The maximum Gasteiger partial charge on any atom is 0.225 e. The molecule has 19 heavy (non-hydrogen) atoms. The number of rotatable bonds is 4. The fraction of sp³-hybridized carbons (Fsp3) is 0.231. The lowest BCUT2D eigenvalue weighted by Gasteiger charge is -2.14. The first-order chi connectivity index (χ1) is 9.08. The van der Waals surface area contributed by atoms with Gasteiger partial charge < -0.3 is 20.7 Å². The number of nitrogens with two attached hydrogens (primary N) is 1. The standard InChI is InChI=1S/C13H17N5O/c1-18(2)10-6-4-5-9(7-10)15-11-8-12(19-3)17-13(14)16-11/h4-8H,1-3H3,(H3,14,15,16,17). The van der Waals surface area contributed by atoms with Gasteiger partial charge in [0.25, 0.3) is 0 Å². The van der Waals surface area contributed by atoms with Gasteiger partial charge in [-0.25, -0.2) is 0 Å². The van der Waals surface area contributed by atoms with Crippen LogP contribution in [0.1, 0.15) is 0 Å². The number of benzene rings is 1. The average molecular weight is 259 g/mol. The van der Waals surface area contributed by atoms with Gasteiger partial charge in [0, 0.05) is 31.5 Å². The molecule has 0 radical (unpaired) electrons. The van der Waals surface area contributed by atoms with Gasteiger partial charge in [0.2, 0.25) is 11.8 Å². The average Bonchev–Trinajstić information content (AvgIpc) is 2.38. The van der Waals surface area contributed by atoms with Crippen LogP contribution in [0.3, 0.4) is 0 Å². The van der Waals surface area contributed by atoms with E-state index >= 15 is 0 Å². The summed E-state index contributed by atoms with van der Waals surface area (Å²) in [5.41, 5.74) is 7.64. The summed E-state index contributed by atoms with van der Waals surface area (Å²) in [7, 11) is 5.52. The maximum absolute atomic E-state index is 5.62. The number of nitrogen functional groups attached to an aromatic ring is 1. The van der Waals surface area contributed by atoms with Crippen LogP contribution < -0.4 is 20.7 Å². The SMILES string of the molecule is COc1cc(Nc2cccc(N(C)C)c2)nc(N)n1. The molecule has 6 nitrogen and oxygen atoms in total. The molecule has 6 heteroatoms. The fourth-order valence-electron chi connectivity index (χ4n) is 1.62. The Morgan fingerprint density at radius 3 is 2.68 bits per heavy atom. The van der Waals surface area contributed by atoms with Crippen LogP contribution in [0.2, 0.25) is 0 Å². The molecule has 0 aliphatic rings. The largest absolute Gasteiger partial charge is 0.481 e. The highest BCUT2D eigenvalue weighted by atomic mass is 16.5. The smallest absolute Gasteiger partial charge is 0.225 e. The summed E-state index contributed by atoms with van der Waals surface area (Å²) in [4.78, 5) is 10.1. The van der Waals surface area contributed by atoms with Crippen molar-refractivity contribution in [3.8, 4) is 5.88 Å². The van der Waals surface area contributed by atoms with Gasteiger partial charge in [-0.3, -0.25) is 0 Å². The molecule has 1 aromatic carbocycles. The number of hydrogen-bond acceptors (Lipinski definition) is 6. The molecule has 0 unspecified atom stereocenters. The molecule has 3 N–H and O–H groups in total. The second kappa shape index (κ2) is 5.43. The Morgan fingerprint density at radius 1 is 1.21 bits per heavy atom. The molecule has 0 fully saturated rings. The predicted octanol–water partition coefficient (Wildman–Crippen LogP) is 1.88. The molecule has 100 valence electrons. The van der Waals surface area contributed by atoms with Gasteiger partial charge in [-0.15, -0.1) is 0 Å². The van der Waals surface area contributed by atoms with Gasteiger partial charge in [-0.1, -0.05) is 6.07 Å². The van der Waals surface area contributed by atoms with E-state index in [0.717, 1.165) is 11.4 Å². The molecule has 0 spiro atoms. The Kier molecular flexibility index (Phi) is 3.70. The first-order valence-electron chi connectivity index (χ1n) is 5.81. The lowest BCUT2D eigenvalue weighted by atomic mass is 10.2. The van der Waals surface area contributed by atoms with Crippen LogP contribution in [-0.2, 0) is 0 Å². The van der Waals surface area contributed by atoms with Crippen molar-refractivity contribution < 1.29 is 4.74 Å². The van der Waals surface area contributed by atoms with E-state index in [0.29, 0.717) is 11.7 Å². The molecule has 0 aliphatic carbocycles. The number of aromatic nitrogens is 2. The van der Waals surface area contributed by atoms with Crippen molar-refractivity contribution in [3.05, 3.63) is 30.3 Å². The first-order valence-corrected chi connectivity index (χ1v) is 5.81. The van der Waals surface area contributed by atoms with Crippen LogP contribution in [0.25, 0.3) is 0 Å². The molecule has 1 aromatic heterocycles. The summed E-state index contributed by atoms with van der Waals surface area (Å²) in [6, 6.07) is 9.67. The third kappa shape index (κ3) is 3.25. The first kappa shape index (κ1) is 12.9. The van der Waals surface area contributed by atoms with E-state index < -0.39 is 0 Å². The van der Waals surface area contributed by atoms with Crippen LogP contribution >= 0.6 is 0 Å². The van der Waals surface area contributed by atoms with E-state index in [1.54, 1.807) is 6.07 Å². The zero-order chi connectivity index (χ0) is 13.8. The molecule has 2 rings (SSSR count). The van der Waals surface area contributed by atoms with Crippen molar-refractivity contribution >= 4 is 23.1 Å². The summed E-state index contributed by atoms with van der Waals surface area (Å²) in [6.07, 6.45) is 0. The highest BCUT2D eigenvalue weighted by molar-refractivity contribution is 5.63. The van der Waals surface area contributed by atoms with Crippen LogP contribution in [0.5, 0.6) is 5.88 Å². The van der Waals surface area contributed by atoms with Crippen molar-refractivity contribution in [2.24, 2.45) is 0 Å². The number of nitrogens with one attached hydrogen (secondary N) is 1. The molecule has 0 saturated heterocycles. The minimum Gasteiger partial charge on any atom is -0.481 e. The summed E-state index contributed by atoms with van der Waals surface area (Å²) >= 11 is 0. The van der Waals surface area contributed by atoms with E-state index in [4.69, 9.17) is 10.5 Å². The lowest BCUT2D eigenvalue weighted by Crippen LogP contribution is -2.08. The third-order valence-corrected chi connectivity index (χ3v) is 2.56. The Morgan fingerprint density at radius 2 is 2.00 bits per heavy atom. The number of hydrogen-bond donors (Lipinski definition) is 2. The number of methoxy groups -OCH3 is 1. The van der Waals surface area contributed by atoms with E-state index in [1.165, 1.54) is 7.11 Å². The summed E-state index contributed by atoms with van der Waals surface area (Å²) in [6.45, 7) is 0. The Balaban J connectivity index is 2.25. The zero-order valence-electron chi connectivity index (χ0n) is 11.2. The molecular weight excluding hydrogens is 242 g/mol. The second-order valence-electron chi connectivity index (χ2n) is 4.22. The molecule has 0 saturated carbocycles. The van der Waals surface area contributed by atoms with E-state index in [9.17, 15) is 0 Å². The van der Waals surface area contributed by atoms with Gasteiger partial charge in [0.1, 0.15) is 5.82 Å². The van der Waals surface area contributed by atoms with Crippen LogP contribution in [0.4, 0.5) is 23.1 Å². The minimum atomic E-state index is 0.172. The van der Waals surface area contributed by atoms with E-state index in [-0.39, 0.29) is 5.95 Å². The second-order valence-corrected chi connectivity index (χ2v) is 4.22. The van der Waals surface area contributed by atoms with Crippen LogP contribution in [0, 0.1) is 0 Å². The summed E-state index contributed by atoms with van der Waals surface area (Å²) in [5, 5.41) is 3.18. The molecule has 0 atom stereocenters. The summed E-state index contributed by atoms with van der Waals surface area (Å²) in [5.74, 6) is 1.20. The quantitative estimate of drug-likeness (QED) is 0.873. The number of nitrogens with zero attached hydrogens (tertiary/aromatic N) is 3. The van der Waals surface area contributed by atoms with Gasteiger partial charge >= 0.3 is 0 Å². The van der Waals surface area contributed by atoms with Crippen molar-refractivity contribution in [2.75, 3.05) is 37.2 Å². The highest BCUT2D eigenvalue weighted by Crippen LogP contribution is 2.22. The number of anilines is 4. The normalized spacial score (nSPS) is 10.1. The molecular formula is C13H17N5O. The van der Waals surface area contributed by atoms with Gasteiger partial charge in [0.05, 0.1) is 7.11 Å². The number of ether oxygens (including phenoxy) is 1. The molecule has 1 heterocycles. The van der Waals surface area contributed by atoms with Gasteiger partial charge in [-0.05, 0) is 18.2 Å². The molecule has 2 aromatic rings. The topological polar surface area (TPSA) is 76.3 Å². The van der Waals surface area contributed by atoms with E-state index in [2.05, 4.69) is 15.3 Å². The van der Waals surface area contributed by atoms with Gasteiger partial charge in [0.15, 0.2) is 0 Å². The highest BCUT2D eigenvalue weighted by Gasteiger charge is 2.04. The van der Waals surface area contributed by atoms with Crippen LogP contribution in [-0.4, -0.2) is 31.2 Å². The van der Waals surface area contributed by atoms with E-state index in [1.807, 2.05) is 43.3 Å². The zero-order valence-corrected chi connectivity index (χ0v) is 11.2. The lowest BCUT2D eigenvalue weighted by molar-refractivity contribution is 0.398. The predicted molar refractivity (Wildman–Crippen MR) is 77.0 cm³/mol. The Labute approximate surface area is 112 Å². The Bertz CT molecular complexity index is 571. The molecule has 0 aliphatic heterocycles. The van der Waals surface area contributed by atoms with Crippen molar-refractivity contribution in [3.63, 3.8) is 0 Å². The molecule has 0 amide bonds. The fourth-order valence-corrected chi connectivity index (χ4v) is 1.62. The summed E-state index contributed by atoms with van der Waals surface area (Å²) < 4.78 is 5.06. The van der Waals surface area contributed by atoms with Crippen molar-refractivity contribution in [2.45, 2.75) is 0 Å².